The summed E-state index contributed by atoms with van der Waals surface area (Å²) in [6.07, 6.45) is 4.44. The van der Waals surface area contributed by atoms with Gasteiger partial charge in [-0.25, -0.2) is 4.79 Å². The third-order valence-electron chi connectivity index (χ3n) is 5.15. The van der Waals surface area contributed by atoms with Crippen molar-refractivity contribution in [3.63, 3.8) is 0 Å². The zero-order chi connectivity index (χ0) is 17.4. The van der Waals surface area contributed by atoms with Gasteiger partial charge in [0.1, 0.15) is 6.54 Å². The van der Waals surface area contributed by atoms with Gasteiger partial charge in [0.2, 0.25) is 5.91 Å². The van der Waals surface area contributed by atoms with Gasteiger partial charge in [0, 0.05) is 25.2 Å². The van der Waals surface area contributed by atoms with Crippen molar-refractivity contribution in [1.29, 1.82) is 0 Å². The molecule has 1 saturated heterocycles. The third kappa shape index (κ3) is 3.37. The molecule has 1 aromatic heterocycles. The van der Waals surface area contributed by atoms with Crippen molar-refractivity contribution in [1.82, 2.24) is 19.8 Å². The standard InChI is InChI=1S/C18H22N4O3/c23-16(19-12-7-9-21(10-8-12)13-5-6-13)11-22-17(24)14-3-1-2-4-15(14)20-18(22)25/h1-4,12-13H,5-11H2,(H,19,23)(H,20,25). The van der Waals surface area contributed by atoms with E-state index < -0.39 is 11.2 Å². The van der Waals surface area contributed by atoms with E-state index in [1.807, 2.05) is 0 Å². The Morgan fingerprint density at radius 3 is 2.56 bits per heavy atom. The van der Waals surface area contributed by atoms with Crippen molar-refractivity contribution < 1.29 is 4.79 Å². The number of aromatic nitrogens is 2. The fraction of sp³-hybridized carbons (Fsp3) is 0.500. The molecule has 0 radical (unpaired) electrons. The molecule has 0 bridgehead atoms. The van der Waals surface area contributed by atoms with Crippen LogP contribution >= 0.6 is 0 Å². The molecule has 25 heavy (non-hydrogen) atoms. The molecule has 0 unspecified atom stereocenters. The molecule has 2 heterocycles. The summed E-state index contributed by atoms with van der Waals surface area (Å²) in [5, 5.41) is 3.38. The predicted octanol–water partition coefficient (Wildman–Crippen LogP) is 0.433. The van der Waals surface area contributed by atoms with Crippen LogP contribution in [0.1, 0.15) is 25.7 Å². The van der Waals surface area contributed by atoms with E-state index in [4.69, 9.17) is 0 Å². The maximum atomic E-state index is 12.5. The molecule has 2 aromatic rings. The van der Waals surface area contributed by atoms with Crippen LogP contribution in [0.25, 0.3) is 10.9 Å². The SMILES string of the molecule is O=C(Cn1c(=O)[nH]c2ccccc2c1=O)NC1CCN(C2CC2)CC1. The fourth-order valence-electron chi connectivity index (χ4n) is 3.61. The molecule has 1 aliphatic heterocycles. The molecule has 0 atom stereocenters. The average molecular weight is 342 g/mol. The van der Waals surface area contributed by atoms with Crippen molar-refractivity contribution in [2.45, 2.75) is 44.3 Å². The maximum Gasteiger partial charge on any atom is 0.329 e. The zero-order valence-corrected chi connectivity index (χ0v) is 14.0. The first-order chi connectivity index (χ1) is 12.1. The normalized spacial score (nSPS) is 19.2. The smallest absolute Gasteiger partial charge is 0.329 e. The molecule has 1 saturated carbocycles. The average Bonchev–Trinajstić information content (AvgIpc) is 3.44. The first-order valence-corrected chi connectivity index (χ1v) is 8.87. The number of hydrogen-bond donors (Lipinski definition) is 2. The van der Waals surface area contributed by atoms with Gasteiger partial charge >= 0.3 is 5.69 Å². The number of aromatic amines is 1. The maximum absolute atomic E-state index is 12.5. The molecule has 0 spiro atoms. The number of H-pyrrole nitrogens is 1. The second kappa shape index (κ2) is 6.48. The number of likely N-dealkylation sites (tertiary alicyclic amines) is 1. The zero-order valence-electron chi connectivity index (χ0n) is 14.0. The summed E-state index contributed by atoms with van der Waals surface area (Å²) in [6.45, 7) is 1.76. The minimum absolute atomic E-state index is 0.123. The number of benzene rings is 1. The molecule has 1 aromatic carbocycles. The Kier molecular flexibility index (Phi) is 4.17. The van der Waals surface area contributed by atoms with E-state index in [0.29, 0.717) is 10.9 Å². The summed E-state index contributed by atoms with van der Waals surface area (Å²) in [7, 11) is 0. The van der Waals surface area contributed by atoms with E-state index >= 15 is 0 Å². The van der Waals surface area contributed by atoms with Crippen molar-refractivity contribution >= 4 is 16.8 Å². The van der Waals surface area contributed by atoms with Gasteiger partial charge in [0.05, 0.1) is 10.9 Å². The number of carbonyl (C=O) groups is 1. The van der Waals surface area contributed by atoms with Gasteiger partial charge in [-0.3, -0.25) is 14.2 Å². The van der Waals surface area contributed by atoms with E-state index in [1.54, 1.807) is 24.3 Å². The molecule has 1 aliphatic carbocycles. The van der Waals surface area contributed by atoms with Gasteiger partial charge in [-0.05, 0) is 37.8 Å². The number of carbonyl (C=O) groups excluding carboxylic acids is 1. The van der Waals surface area contributed by atoms with Gasteiger partial charge in [-0.15, -0.1) is 0 Å². The number of fused-ring (bicyclic) bond motifs is 1. The molecular formula is C18H22N4O3. The Morgan fingerprint density at radius 1 is 1.12 bits per heavy atom. The number of amides is 1. The topological polar surface area (TPSA) is 87.2 Å². The van der Waals surface area contributed by atoms with Crippen LogP contribution in [0.2, 0.25) is 0 Å². The highest BCUT2D eigenvalue weighted by Crippen LogP contribution is 2.29. The number of para-hydroxylation sites is 1. The van der Waals surface area contributed by atoms with Crippen LogP contribution in [0.4, 0.5) is 0 Å². The molecule has 1 amide bonds. The largest absolute Gasteiger partial charge is 0.352 e. The van der Waals surface area contributed by atoms with Gasteiger partial charge in [0.15, 0.2) is 0 Å². The molecule has 132 valence electrons. The molecular weight excluding hydrogens is 320 g/mol. The summed E-state index contributed by atoms with van der Waals surface area (Å²) in [5.74, 6) is -0.284. The van der Waals surface area contributed by atoms with Gasteiger partial charge in [-0.1, -0.05) is 12.1 Å². The minimum Gasteiger partial charge on any atom is -0.352 e. The van der Waals surface area contributed by atoms with Crippen LogP contribution in [0, 0.1) is 0 Å². The lowest BCUT2D eigenvalue weighted by Crippen LogP contribution is -2.48. The van der Waals surface area contributed by atoms with Crippen LogP contribution in [0.15, 0.2) is 33.9 Å². The summed E-state index contributed by atoms with van der Waals surface area (Å²) >= 11 is 0. The minimum atomic E-state index is -0.553. The van der Waals surface area contributed by atoms with Crippen LogP contribution in [0.3, 0.4) is 0 Å². The van der Waals surface area contributed by atoms with Crippen molar-refractivity contribution in [3.05, 3.63) is 45.1 Å². The van der Waals surface area contributed by atoms with Crippen molar-refractivity contribution in [2.75, 3.05) is 13.1 Å². The molecule has 7 heteroatoms. The van der Waals surface area contributed by atoms with Gasteiger partial charge in [0.25, 0.3) is 5.56 Å². The van der Waals surface area contributed by atoms with E-state index in [1.165, 1.54) is 12.8 Å². The number of nitrogens with one attached hydrogen (secondary N) is 2. The fourth-order valence-corrected chi connectivity index (χ4v) is 3.61. The first kappa shape index (κ1) is 16.1. The van der Waals surface area contributed by atoms with Crippen LogP contribution in [-0.4, -0.2) is 45.5 Å². The monoisotopic (exact) mass is 342 g/mol. The van der Waals surface area contributed by atoms with Crippen molar-refractivity contribution in [2.24, 2.45) is 0 Å². The summed E-state index contributed by atoms with van der Waals surface area (Å²) in [4.78, 5) is 42.0. The van der Waals surface area contributed by atoms with E-state index in [2.05, 4.69) is 15.2 Å². The molecule has 4 rings (SSSR count). The highest BCUT2D eigenvalue weighted by Gasteiger charge is 2.32. The second-order valence-corrected chi connectivity index (χ2v) is 6.98. The Labute approximate surface area is 144 Å². The van der Waals surface area contributed by atoms with E-state index in [0.717, 1.165) is 36.5 Å². The number of piperidine rings is 1. The Balaban J connectivity index is 1.43. The van der Waals surface area contributed by atoms with Gasteiger partial charge in [-0.2, -0.15) is 0 Å². The van der Waals surface area contributed by atoms with Crippen LogP contribution in [0.5, 0.6) is 0 Å². The van der Waals surface area contributed by atoms with Crippen LogP contribution in [-0.2, 0) is 11.3 Å². The lowest BCUT2D eigenvalue weighted by atomic mass is 10.0. The number of hydrogen-bond acceptors (Lipinski definition) is 4. The van der Waals surface area contributed by atoms with Gasteiger partial charge < -0.3 is 15.2 Å². The van der Waals surface area contributed by atoms with E-state index in [9.17, 15) is 14.4 Å². The van der Waals surface area contributed by atoms with E-state index in [-0.39, 0.29) is 18.5 Å². The molecule has 2 aliphatic rings. The number of nitrogens with zero attached hydrogens (tertiary/aromatic N) is 2. The predicted molar refractivity (Wildman–Crippen MR) is 94.6 cm³/mol. The lowest BCUT2D eigenvalue weighted by molar-refractivity contribution is -0.122. The highest BCUT2D eigenvalue weighted by atomic mass is 16.2. The van der Waals surface area contributed by atoms with Crippen LogP contribution < -0.4 is 16.6 Å². The molecule has 2 N–H and O–H groups in total. The number of rotatable bonds is 4. The summed E-state index contributed by atoms with van der Waals surface area (Å²) in [6, 6.07) is 7.69. The first-order valence-electron chi connectivity index (χ1n) is 8.87. The lowest BCUT2D eigenvalue weighted by Gasteiger charge is -2.32. The second-order valence-electron chi connectivity index (χ2n) is 6.98. The van der Waals surface area contributed by atoms with Crippen molar-refractivity contribution in [3.8, 4) is 0 Å². The Bertz CT molecular complexity index is 904. The Hall–Kier alpha value is -2.41. The Morgan fingerprint density at radius 2 is 1.84 bits per heavy atom. The quantitative estimate of drug-likeness (QED) is 0.844. The third-order valence-corrected chi connectivity index (χ3v) is 5.15. The summed E-state index contributed by atoms with van der Waals surface area (Å²) in [5.41, 5.74) is -0.498. The highest BCUT2D eigenvalue weighted by molar-refractivity contribution is 5.79. The summed E-state index contributed by atoms with van der Waals surface area (Å²) < 4.78 is 0.969. The molecule has 7 nitrogen and oxygen atoms in total. The molecule has 2 fully saturated rings.